The zero-order valence-electron chi connectivity index (χ0n) is 9.68. The third kappa shape index (κ3) is 4.68. The number of piperidine rings is 1. The molecule has 0 radical (unpaired) electrons. The quantitative estimate of drug-likeness (QED) is 0.480. The third-order valence-electron chi connectivity index (χ3n) is 2.43. The fourth-order valence-corrected chi connectivity index (χ4v) is 2.53. The lowest BCUT2D eigenvalue weighted by Gasteiger charge is -2.28. The molecule has 0 aromatic heterocycles. The molecule has 1 aliphatic heterocycles. The number of halogens is 1. The summed E-state index contributed by atoms with van der Waals surface area (Å²) in [5.41, 5.74) is -0.368. The van der Waals surface area contributed by atoms with Crippen molar-refractivity contribution >= 4 is 28.6 Å². The average Bonchev–Trinajstić information content (AvgIpc) is 2.15. The second-order valence-corrected chi connectivity index (χ2v) is 6.36. The molecule has 0 aliphatic carbocycles. The summed E-state index contributed by atoms with van der Waals surface area (Å²) < 4.78 is 5.39. The van der Waals surface area contributed by atoms with Crippen LogP contribution in [0.4, 0.5) is 0 Å². The van der Waals surface area contributed by atoms with E-state index in [0.717, 1.165) is 25.9 Å². The molecule has 0 spiro atoms. The van der Waals surface area contributed by atoms with Crippen LogP contribution in [0.3, 0.4) is 0 Å². The first-order valence-electron chi connectivity index (χ1n) is 5.48. The highest BCUT2D eigenvalue weighted by molar-refractivity contribution is 14.1. The minimum Gasteiger partial charge on any atom is -0.459 e. The Balaban J connectivity index is 2.44. The molecule has 0 bridgehead atoms. The van der Waals surface area contributed by atoms with Crippen molar-refractivity contribution in [3.63, 3.8) is 0 Å². The molecule has 1 atom stereocenters. The second-order valence-electron chi connectivity index (χ2n) is 5.02. The van der Waals surface area contributed by atoms with Gasteiger partial charge in [0.25, 0.3) is 0 Å². The molecule has 1 heterocycles. The molecular formula is C11H20INO2. The Hall–Kier alpha value is 0.160. The van der Waals surface area contributed by atoms with Crippen molar-refractivity contribution in [2.75, 3.05) is 13.1 Å². The van der Waals surface area contributed by atoms with E-state index in [-0.39, 0.29) is 15.5 Å². The smallest absolute Gasteiger partial charge is 0.319 e. The van der Waals surface area contributed by atoms with Crippen molar-refractivity contribution in [1.29, 1.82) is 0 Å². The lowest BCUT2D eigenvalue weighted by Crippen LogP contribution is -2.38. The number of carbonyl (C=O) groups is 1. The van der Waals surface area contributed by atoms with Crippen LogP contribution in [0.15, 0.2) is 0 Å². The van der Waals surface area contributed by atoms with Gasteiger partial charge in [-0.05, 0) is 52.6 Å². The van der Waals surface area contributed by atoms with Gasteiger partial charge in [-0.15, -0.1) is 0 Å². The van der Waals surface area contributed by atoms with Gasteiger partial charge < -0.3 is 10.1 Å². The van der Waals surface area contributed by atoms with Gasteiger partial charge in [-0.1, -0.05) is 22.6 Å². The Morgan fingerprint density at radius 2 is 1.93 bits per heavy atom. The van der Waals surface area contributed by atoms with E-state index >= 15 is 0 Å². The summed E-state index contributed by atoms with van der Waals surface area (Å²) in [4.78, 5) is 11.8. The molecule has 1 N–H and O–H groups in total. The van der Waals surface area contributed by atoms with Crippen LogP contribution in [0.2, 0.25) is 0 Å². The molecular weight excluding hydrogens is 305 g/mol. The number of hydrogen-bond donors (Lipinski definition) is 1. The molecule has 1 unspecified atom stereocenters. The summed E-state index contributed by atoms with van der Waals surface area (Å²) in [5.74, 6) is 0.414. The minimum atomic E-state index is -0.368. The Labute approximate surface area is 105 Å². The molecule has 15 heavy (non-hydrogen) atoms. The Kier molecular flexibility index (Phi) is 4.83. The van der Waals surface area contributed by atoms with Crippen LogP contribution in [0.1, 0.15) is 33.6 Å². The van der Waals surface area contributed by atoms with Crippen LogP contribution in [-0.4, -0.2) is 28.6 Å². The highest BCUT2D eigenvalue weighted by Gasteiger charge is 2.30. The SMILES string of the molecule is CC(C)(C)OC(=O)C(I)C1CCNCC1. The van der Waals surface area contributed by atoms with Crippen molar-refractivity contribution < 1.29 is 9.53 Å². The Morgan fingerprint density at radius 1 is 1.40 bits per heavy atom. The van der Waals surface area contributed by atoms with Crippen LogP contribution >= 0.6 is 22.6 Å². The predicted octanol–water partition coefficient (Wildman–Crippen LogP) is 2.13. The highest BCUT2D eigenvalue weighted by atomic mass is 127. The van der Waals surface area contributed by atoms with Crippen molar-refractivity contribution in [2.24, 2.45) is 5.92 Å². The van der Waals surface area contributed by atoms with E-state index in [1.165, 1.54) is 0 Å². The molecule has 1 saturated heterocycles. The first-order chi connectivity index (χ1) is 6.90. The van der Waals surface area contributed by atoms with Gasteiger partial charge in [0.05, 0.1) is 0 Å². The van der Waals surface area contributed by atoms with Crippen molar-refractivity contribution in [3.05, 3.63) is 0 Å². The van der Waals surface area contributed by atoms with Gasteiger partial charge in [0.15, 0.2) is 0 Å². The fourth-order valence-electron chi connectivity index (χ4n) is 1.69. The van der Waals surface area contributed by atoms with Gasteiger partial charge in [-0.3, -0.25) is 4.79 Å². The normalized spacial score (nSPS) is 21.1. The van der Waals surface area contributed by atoms with E-state index in [1.54, 1.807) is 0 Å². The molecule has 88 valence electrons. The summed E-state index contributed by atoms with van der Waals surface area (Å²) >= 11 is 2.22. The predicted molar refractivity (Wildman–Crippen MR) is 69.2 cm³/mol. The van der Waals surface area contributed by atoms with Crippen LogP contribution < -0.4 is 5.32 Å². The summed E-state index contributed by atoms with van der Waals surface area (Å²) in [6.45, 7) is 7.78. The maximum Gasteiger partial charge on any atom is 0.319 e. The molecule has 1 rings (SSSR count). The fraction of sp³-hybridized carbons (Fsp3) is 0.909. The van der Waals surface area contributed by atoms with Gasteiger partial charge in [0, 0.05) is 0 Å². The van der Waals surface area contributed by atoms with E-state index in [0.29, 0.717) is 5.92 Å². The number of nitrogens with one attached hydrogen (secondary N) is 1. The number of esters is 1. The molecule has 0 saturated carbocycles. The van der Waals surface area contributed by atoms with Crippen molar-refractivity contribution in [1.82, 2.24) is 5.32 Å². The number of alkyl halides is 1. The van der Waals surface area contributed by atoms with Crippen LogP contribution in [0.5, 0.6) is 0 Å². The lowest BCUT2D eigenvalue weighted by atomic mass is 9.94. The molecule has 3 nitrogen and oxygen atoms in total. The molecule has 0 amide bonds. The molecule has 0 aromatic carbocycles. The summed E-state index contributed by atoms with van der Waals surface area (Å²) in [5, 5.41) is 3.30. The topological polar surface area (TPSA) is 38.3 Å². The highest BCUT2D eigenvalue weighted by Crippen LogP contribution is 2.25. The second kappa shape index (κ2) is 5.48. The van der Waals surface area contributed by atoms with Crippen LogP contribution in [0.25, 0.3) is 0 Å². The number of ether oxygens (including phenoxy) is 1. The average molecular weight is 325 g/mol. The van der Waals surface area contributed by atoms with Crippen molar-refractivity contribution in [3.8, 4) is 0 Å². The van der Waals surface area contributed by atoms with E-state index in [4.69, 9.17) is 4.74 Å². The molecule has 1 fully saturated rings. The standard InChI is InChI=1S/C11H20INO2/c1-11(2,3)15-10(14)9(12)8-4-6-13-7-5-8/h8-9,13H,4-7H2,1-3H3. The van der Waals surface area contributed by atoms with E-state index in [1.807, 2.05) is 20.8 Å². The number of rotatable bonds is 2. The molecule has 1 aliphatic rings. The van der Waals surface area contributed by atoms with E-state index in [2.05, 4.69) is 27.9 Å². The van der Waals surface area contributed by atoms with E-state index in [9.17, 15) is 4.79 Å². The van der Waals surface area contributed by atoms with Gasteiger partial charge in [-0.2, -0.15) is 0 Å². The summed E-state index contributed by atoms with van der Waals surface area (Å²) in [6, 6.07) is 0. The molecule has 4 heteroatoms. The largest absolute Gasteiger partial charge is 0.459 e. The van der Waals surface area contributed by atoms with Gasteiger partial charge in [-0.25, -0.2) is 0 Å². The monoisotopic (exact) mass is 325 g/mol. The van der Waals surface area contributed by atoms with Gasteiger partial charge in [0.1, 0.15) is 9.53 Å². The first-order valence-corrected chi connectivity index (χ1v) is 6.72. The summed E-state index contributed by atoms with van der Waals surface area (Å²) in [6.07, 6.45) is 2.15. The lowest BCUT2D eigenvalue weighted by molar-refractivity contribution is -0.154. The maximum absolute atomic E-state index is 11.8. The first kappa shape index (κ1) is 13.2. The zero-order valence-corrected chi connectivity index (χ0v) is 11.8. The Morgan fingerprint density at radius 3 is 2.40 bits per heavy atom. The van der Waals surface area contributed by atoms with Gasteiger partial charge >= 0.3 is 5.97 Å². The van der Waals surface area contributed by atoms with E-state index < -0.39 is 0 Å². The van der Waals surface area contributed by atoms with Gasteiger partial charge in [0.2, 0.25) is 0 Å². The molecule has 0 aromatic rings. The minimum absolute atomic E-state index is 0.00363. The number of hydrogen-bond acceptors (Lipinski definition) is 3. The van der Waals surface area contributed by atoms with Crippen LogP contribution in [0, 0.1) is 5.92 Å². The number of carbonyl (C=O) groups excluding carboxylic acids is 1. The summed E-state index contributed by atoms with van der Waals surface area (Å²) in [7, 11) is 0. The van der Waals surface area contributed by atoms with Crippen LogP contribution in [-0.2, 0) is 9.53 Å². The van der Waals surface area contributed by atoms with Crippen molar-refractivity contribution in [2.45, 2.75) is 43.1 Å². The Bertz CT molecular complexity index is 219. The maximum atomic E-state index is 11.8. The third-order valence-corrected chi connectivity index (χ3v) is 3.96. The zero-order chi connectivity index (χ0) is 11.5.